The molecule has 5 heterocycles. The van der Waals surface area contributed by atoms with Crippen molar-refractivity contribution >= 4 is 0 Å². The molecule has 0 spiro atoms. The minimum atomic E-state index is -1.41. The molecule has 5 aliphatic heterocycles. The Bertz CT molecular complexity index is 1000. The number of rotatable bonds is 14. The first-order valence-corrected chi connectivity index (χ1v) is 18.4. The molecule has 0 aromatic heterocycles. The van der Waals surface area contributed by atoms with Gasteiger partial charge in [-0.2, -0.15) is 0 Å². The van der Waals surface area contributed by atoms with Crippen molar-refractivity contribution in [3.05, 3.63) is 0 Å². The van der Waals surface area contributed by atoms with Gasteiger partial charge in [-0.05, 0) is 0 Å². The van der Waals surface area contributed by atoms with Gasteiger partial charge in [0.1, 0.15) is 67.1 Å². The molecule has 14 N–H and O–H groups in total. The van der Waals surface area contributed by atoms with E-state index in [0.29, 0.717) is 0 Å². The second-order valence-corrected chi connectivity index (χ2v) is 14.7. The van der Waals surface area contributed by atoms with E-state index < -0.39 is 128 Å². The maximum Gasteiger partial charge on any atom is 0.183 e. The van der Waals surface area contributed by atoms with Crippen molar-refractivity contribution in [1.29, 1.82) is 0 Å². The van der Waals surface area contributed by atoms with E-state index in [0.717, 1.165) is 0 Å². The van der Waals surface area contributed by atoms with Gasteiger partial charge in [-0.15, -0.1) is 0 Å². The summed E-state index contributed by atoms with van der Waals surface area (Å²) in [6.07, 6.45) is -18.4. The summed E-state index contributed by atoms with van der Waals surface area (Å²) in [4.78, 5) is 0. The van der Waals surface area contributed by atoms with Gasteiger partial charge >= 0.3 is 0 Å². The predicted molar refractivity (Wildman–Crippen MR) is 178 cm³/mol. The molecule has 0 radical (unpaired) electrons. The van der Waals surface area contributed by atoms with Crippen molar-refractivity contribution in [2.75, 3.05) is 85.9 Å². The van der Waals surface area contributed by atoms with Crippen LogP contribution in [-0.4, -0.2) is 255 Å². The standard InChI is InChI=1S/C28H50O17.C5H10O5/c29-1-13-6-43-18(26(36)21(13)31)10-40-4-15-8-45-20(28(38)23(15)33)12-41-5-16-9-44-19(27(37)24(16)34)11-39-3-14-7-42-17(2-30)25(35)22(14)32;6-2-1-10-5(9)4(8)3(2)7/h13-38H,1-12H2;2-9H,1H2/t13-,14-,15-,16-,17+,18+,19+,20+,21-,22-,23-,24-,25?,26?,27?,28?;2-,3-,4?,5-/m11/s1. The first-order chi connectivity index (χ1) is 26.2. The minimum absolute atomic E-state index is 0.00212. The smallest absolute Gasteiger partial charge is 0.183 e. The molecule has 5 rings (SSSR count). The molecule has 22 nitrogen and oxygen atoms in total. The molecule has 5 aliphatic rings. The van der Waals surface area contributed by atoms with E-state index in [1.807, 2.05) is 0 Å². The van der Waals surface area contributed by atoms with Gasteiger partial charge in [0.05, 0.1) is 110 Å². The number of aliphatic hydroxyl groups excluding tert-OH is 14. The summed E-state index contributed by atoms with van der Waals surface area (Å²) in [7, 11) is 0. The fourth-order valence-corrected chi connectivity index (χ4v) is 6.77. The average molecular weight is 809 g/mol. The lowest BCUT2D eigenvalue weighted by Crippen LogP contribution is -2.55. The van der Waals surface area contributed by atoms with Gasteiger partial charge in [0.15, 0.2) is 6.29 Å². The number of hydrogen-bond donors (Lipinski definition) is 14. The topological polar surface area (TPSA) is 357 Å². The molecule has 0 saturated carbocycles. The Kier molecular flexibility index (Phi) is 19.1. The lowest BCUT2D eigenvalue weighted by molar-refractivity contribution is -0.252. The van der Waals surface area contributed by atoms with Crippen LogP contribution < -0.4 is 0 Å². The van der Waals surface area contributed by atoms with Crippen molar-refractivity contribution in [2.45, 2.75) is 97.8 Å². The summed E-state index contributed by atoms with van der Waals surface area (Å²) >= 11 is 0. The largest absolute Gasteiger partial charge is 0.396 e. The first-order valence-electron chi connectivity index (χ1n) is 18.4. The Morgan fingerprint density at radius 2 is 0.673 bits per heavy atom. The van der Waals surface area contributed by atoms with Crippen LogP contribution in [-0.2, 0) is 37.9 Å². The molecule has 0 amide bonds. The molecule has 55 heavy (non-hydrogen) atoms. The van der Waals surface area contributed by atoms with Crippen molar-refractivity contribution in [1.82, 2.24) is 0 Å². The highest BCUT2D eigenvalue weighted by molar-refractivity contribution is 4.91. The highest BCUT2D eigenvalue weighted by Gasteiger charge is 2.43. The summed E-state index contributed by atoms with van der Waals surface area (Å²) < 4.78 is 43.4. The fourth-order valence-electron chi connectivity index (χ4n) is 6.77. The van der Waals surface area contributed by atoms with E-state index in [9.17, 15) is 46.0 Å². The molecule has 20 atom stereocenters. The second-order valence-electron chi connectivity index (χ2n) is 14.7. The first kappa shape index (κ1) is 46.8. The van der Waals surface area contributed by atoms with E-state index in [1.165, 1.54) is 0 Å². The van der Waals surface area contributed by atoms with Crippen LogP contribution in [0.5, 0.6) is 0 Å². The van der Waals surface area contributed by atoms with Crippen LogP contribution >= 0.6 is 0 Å². The SMILES string of the molecule is OC1[C@H](O)OC[C@@H](O)[C@H]1O.OC[C@@H]1CO[C@@H](COC[C@@H]2CO[C@@H](COC[C@@H]3CO[C@@H](COC[C@@H]4CO[C@@H](CO)C(O)[C@@H]4O)C(O)[C@@H]3O)C(O)[C@@H]2O)C(O)[C@@H]1O. The quantitative estimate of drug-likeness (QED) is 0.0775. The molecule has 0 bridgehead atoms. The Hall–Kier alpha value is -0.880. The van der Waals surface area contributed by atoms with E-state index in [1.54, 1.807) is 0 Å². The molecule has 324 valence electrons. The molecule has 5 unspecified atom stereocenters. The third-order valence-corrected chi connectivity index (χ3v) is 10.7. The normalized spacial score (nSPS) is 46.8. The molecule has 22 heteroatoms. The monoisotopic (exact) mass is 808 g/mol. The lowest BCUT2D eigenvalue weighted by atomic mass is 9.92. The van der Waals surface area contributed by atoms with Gasteiger partial charge < -0.3 is 109 Å². The maximum absolute atomic E-state index is 10.6. The third-order valence-electron chi connectivity index (χ3n) is 10.7. The second kappa shape index (κ2) is 22.5. The number of aliphatic hydroxyl groups is 14. The van der Waals surface area contributed by atoms with Crippen molar-refractivity contribution in [2.24, 2.45) is 23.7 Å². The summed E-state index contributed by atoms with van der Waals surface area (Å²) in [6.45, 7) is -0.934. The molecular weight excluding hydrogens is 748 g/mol. The molecule has 5 fully saturated rings. The molecule has 0 aromatic rings. The minimum Gasteiger partial charge on any atom is -0.396 e. The highest BCUT2D eigenvalue weighted by Crippen LogP contribution is 2.26. The van der Waals surface area contributed by atoms with Gasteiger partial charge in [-0.3, -0.25) is 0 Å². The number of hydrogen-bond acceptors (Lipinski definition) is 22. The van der Waals surface area contributed by atoms with Crippen LogP contribution in [0.15, 0.2) is 0 Å². The lowest BCUT2D eigenvalue weighted by Gasteiger charge is -2.40. The summed E-state index contributed by atoms with van der Waals surface area (Å²) in [5, 5.41) is 136. The highest BCUT2D eigenvalue weighted by atomic mass is 16.6. The molecule has 0 aromatic carbocycles. The summed E-state index contributed by atoms with van der Waals surface area (Å²) in [5.41, 5.74) is 0. The molecule has 0 aliphatic carbocycles. The predicted octanol–water partition coefficient (Wildman–Crippen LogP) is -8.61. The summed E-state index contributed by atoms with van der Waals surface area (Å²) in [5.74, 6) is -2.30. The number of ether oxygens (including phenoxy) is 8. The average Bonchev–Trinajstić information content (AvgIpc) is 3.18. The van der Waals surface area contributed by atoms with Gasteiger partial charge in [-0.25, -0.2) is 0 Å². The molecule has 5 saturated heterocycles. The Morgan fingerprint density at radius 3 is 1.04 bits per heavy atom. The van der Waals surface area contributed by atoms with E-state index >= 15 is 0 Å². The zero-order valence-corrected chi connectivity index (χ0v) is 30.3. The van der Waals surface area contributed by atoms with Crippen LogP contribution in [0.2, 0.25) is 0 Å². The van der Waals surface area contributed by atoms with Crippen molar-refractivity contribution in [3.63, 3.8) is 0 Å². The van der Waals surface area contributed by atoms with E-state index in [4.69, 9.17) is 58.7 Å². The van der Waals surface area contributed by atoms with Crippen LogP contribution in [0.3, 0.4) is 0 Å². The Balaban J connectivity index is 0.000000583. The van der Waals surface area contributed by atoms with Crippen LogP contribution in [0.1, 0.15) is 0 Å². The van der Waals surface area contributed by atoms with Crippen molar-refractivity contribution in [3.8, 4) is 0 Å². The van der Waals surface area contributed by atoms with Gasteiger partial charge in [-0.1, -0.05) is 0 Å². The fraction of sp³-hybridized carbons (Fsp3) is 1.00. The van der Waals surface area contributed by atoms with E-state index in [-0.39, 0.29) is 79.3 Å². The maximum atomic E-state index is 10.6. The van der Waals surface area contributed by atoms with Gasteiger partial charge in [0.2, 0.25) is 0 Å². The Labute approximate surface area is 316 Å². The van der Waals surface area contributed by atoms with E-state index in [2.05, 4.69) is 4.74 Å². The van der Waals surface area contributed by atoms with Crippen LogP contribution in [0, 0.1) is 23.7 Å². The molecular formula is C33H60O22. The van der Waals surface area contributed by atoms with Crippen molar-refractivity contribution < 1.29 is 109 Å². The zero-order valence-electron chi connectivity index (χ0n) is 30.3. The van der Waals surface area contributed by atoms with Gasteiger partial charge in [0.25, 0.3) is 0 Å². The summed E-state index contributed by atoms with van der Waals surface area (Å²) in [6, 6.07) is 0. The van der Waals surface area contributed by atoms with Crippen LogP contribution in [0.25, 0.3) is 0 Å². The van der Waals surface area contributed by atoms with Gasteiger partial charge in [0, 0.05) is 23.7 Å². The third kappa shape index (κ3) is 12.3. The van der Waals surface area contributed by atoms with Crippen LogP contribution in [0.4, 0.5) is 0 Å². The Morgan fingerprint density at radius 1 is 0.327 bits per heavy atom. The zero-order chi connectivity index (χ0) is 40.4.